The van der Waals surface area contributed by atoms with Crippen LogP contribution in [0.2, 0.25) is 0 Å². The van der Waals surface area contributed by atoms with Crippen LogP contribution in [0.1, 0.15) is 86.0 Å². The molecule has 2 aliphatic heterocycles. The maximum Gasteiger partial charge on any atom is 0.307 e. The molecule has 202 valence electrons. The van der Waals surface area contributed by atoms with Crippen molar-refractivity contribution in [3.63, 3.8) is 0 Å². The van der Waals surface area contributed by atoms with E-state index in [1.165, 1.54) is 0 Å². The zero-order valence-electron chi connectivity index (χ0n) is 22.4. The van der Waals surface area contributed by atoms with Gasteiger partial charge in [-0.2, -0.15) is 0 Å². The number of carboxylic acid groups (broad SMARTS) is 1. The molecule has 2 heterocycles. The first-order chi connectivity index (χ1) is 16.9. The highest BCUT2D eigenvalue weighted by Gasteiger charge is 2.64. The van der Waals surface area contributed by atoms with Gasteiger partial charge in [-0.1, -0.05) is 13.8 Å². The van der Waals surface area contributed by atoms with E-state index in [0.29, 0.717) is 30.1 Å². The minimum absolute atomic E-state index is 0.0251. The minimum atomic E-state index is -0.820. The van der Waals surface area contributed by atoms with Crippen LogP contribution in [0, 0.1) is 46.3 Å². The molecule has 2 saturated heterocycles. The Morgan fingerprint density at radius 3 is 2.33 bits per heavy atom. The number of ketones is 1. The van der Waals surface area contributed by atoms with Crippen LogP contribution in [0.3, 0.4) is 0 Å². The van der Waals surface area contributed by atoms with Crippen molar-refractivity contribution in [1.29, 1.82) is 0 Å². The van der Waals surface area contributed by atoms with E-state index in [2.05, 4.69) is 13.8 Å². The number of aliphatic carboxylic acids is 1. The summed E-state index contributed by atoms with van der Waals surface area (Å²) in [7, 11) is 0. The lowest BCUT2D eigenvalue weighted by Crippen LogP contribution is -2.61. The van der Waals surface area contributed by atoms with Gasteiger partial charge >= 0.3 is 5.97 Å². The van der Waals surface area contributed by atoms with E-state index >= 15 is 0 Å². The molecule has 0 aromatic carbocycles. The number of hydrogen-bond acceptors (Lipinski definition) is 6. The first kappa shape index (κ1) is 25.3. The van der Waals surface area contributed by atoms with E-state index in [0.717, 1.165) is 44.9 Å². The van der Waals surface area contributed by atoms with Crippen molar-refractivity contribution in [2.75, 3.05) is 0 Å². The number of rotatable bonds is 2. The van der Waals surface area contributed by atoms with Gasteiger partial charge in [0.05, 0.1) is 18.1 Å². The molecule has 0 aromatic rings. The molecule has 13 atom stereocenters. The lowest BCUT2D eigenvalue weighted by Gasteiger charge is -2.61. The fourth-order valence-corrected chi connectivity index (χ4v) is 10.2. The van der Waals surface area contributed by atoms with Gasteiger partial charge in [0.25, 0.3) is 0 Å². The summed E-state index contributed by atoms with van der Waals surface area (Å²) in [5.74, 6) is 0.219. The molecule has 36 heavy (non-hydrogen) atoms. The predicted molar refractivity (Wildman–Crippen MR) is 131 cm³/mol. The molecule has 0 bridgehead atoms. The Hall–Kier alpha value is -1.02. The highest BCUT2D eigenvalue weighted by atomic mass is 16.8. The molecule has 3 unspecified atom stereocenters. The van der Waals surface area contributed by atoms with E-state index in [4.69, 9.17) is 14.2 Å². The summed E-state index contributed by atoms with van der Waals surface area (Å²) in [4.78, 5) is 25.7. The lowest BCUT2D eigenvalue weighted by atomic mass is 9.43. The number of fused-ring (bicyclic) bond motifs is 6. The second-order valence-electron chi connectivity index (χ2n) is 14.0. The van der Waals surface area contributed by atoms with Gasteiger partial charge in [-0.15, -0.1) is 0 Å². The van der Waals surface area contributed by atoms with Crippen LogP contribution < -0.4 is 0 Å². The van der Waals surface area contributed by atoms with Crippen molar-refractivity contribution in [3.05, 3.63) is 0 Å². The molecule has 6 rings (SSSR count). The van der Waals surface area contributed by atoms with Gasteiger partial charge in [-0.3, -0.25) is 9.59 Å². The van der Waals surface area contributed by atoms with Gasteiger partial charge in [0, 0.05) is 12.3 Å². The molecule has 0 aromatic heterocycles. The van der Waals surface area contributed by atoms with Crippen molar-refractivity contribution in [2.45, 2.75) is 122 Å². The fraction of sp³-hybridized carbons (Fsp3) is 0.931. The van der Waals surface area contributed by atoms with Gasteiger partial charge in [0.15, 0.2) is 5.79 Å². The second kappa shape index (κ2) is 8.24. The van der Waals surface area contributed by atoms with Gasteiger partial charge in [-0.25, -0.2) is 0 Å². The highest BCUT2D eigenvalue weighted by Crippen LogP contribution is 2.68. The van der Waals surface area contributed by atoms with Crippen LogP contribution >= 0.6 is 0 Å². The molecule has 6 aliphatic rings. The second-order valence-corrected chi connectivity index (χ2v) is 14.0. The molecule has 2 N–H and O–H groups in total. The van der Waals surface area contributed by atoms with E-state index in [-0.39, 0.29) is 28.4 Å². The molecule has 4 saturated carbocycles. The molecule has 7 heteroatoms. The van der Waals surface area contributed by atoms with Crippen LogP contribution in [0.5, 0.6) is 0 Å². The number of aliphatic hydroxyl groups excluding tert-OH is 1. The lowest BCUT2D eigenvalue weighted by molar-refractivity contribution is -0.210. The number of carboxylic acids is 1. The summed E-state index contributed by atoms with van der Waals surface area (Å²) < 4.78 is 18.7. The van der Waals surface area contributed by atoms with Crippen molar-refractivity contribution >= 4 is 11.8 Å². The quantitative estimate of drug-likeness (QED) is 0.581. The van der Waals surface area contributed by atoms with Crippen LogP contribution in [0.4, 0.5) is 0 Å². The SMILES string of the molecule is C[C@@H]1O[C@@H](C2C[C@@]3(C)C(CC[C@@H]4[C@@H]3CC[C@]3(C)C(C(=O)O)CC[C@@H]43)CC2=O)[C@@H]2OC(C)(C)O[C@@H]2[C@H]1O. The minimum Gasteiger partial charge on any atom is -0.481 e. The van der Waals surface area contributed by atoms with E-state index in [9.17, 15) is 19.8 Å². The van der Waals surface area contributed by atoms with Crippen LogP contribution in [0.25, 0.3) is 0 Å². The maximum atomic E-state index is 13.6. The summed E-state index contributed by atoms with van der Waals surface area (Å²) in [6, 6.07) is 0. The molecule has 7 nitrogen and oxygen atoms in total. The molecule has 0 spiro atoms. The number of carbonyl (C=O) groups excluding carboxylic acids is 1. The summed E-state index contributed by atoms with van der Waals surface area (Å²) in [5, 5.41) is 20.7. The summed E-state index contributed by atoms with van der Waals surface area (Å²) in [5.41, 5.74) is -0.0801. The Kier molecular flexibility index (Phi) is 5.78. The number of carbonyl (C=O) groups is 2. The maximum absolute atomic E-state index is 13.6. The Balaban J connectivity index is 1.28. The molecular formula is C29H44O7. The summed E-state index contributed by atoms with van der Waals surface area (Å²) >= 11 is 0. The van der Waals surface area contributed by atoms with Crippen LogP contribution in [0.15, 0.2) is 0 Å². The van der Waals surface area contributed by atoms with Crippen molar-refractivity contribution in [1.82, 2.24) is 0 Å². The number of hydrogen-bond donors (Lipinski definition) is 2. The number of aliphatic hydroxyl groups is 1. The molecule has 4 aliphatic carbocycles. The Labute approximate surface area is 214 Å². The standard InChI is InChI=1S/C29H44O7/c1-14-22(31)24-25(36-27(2,3)35-24)23(34-14)17-13-29(5)15(12-21(17)30)6-7-16-18-8-9-20(26(32)33)28(18,4)11-10-19(16)29/h14-20,22-25,31H,6-13H2,1-5H3,(H,32,33)/t14-,15?,16-,17?,18-,19-,20?,22-,23-,24+,25-,28-,29-/m0/s1. The zero-order valence-corrected chi connectivity index (χ0v) is 22.4. The Morgan fingerprint density at radius 1 is 0.917 bits per heavy atom. The van der Waals surface area contributed by atoms with E-state index in [1.54, 1.807) is 0 Å². The normalized spacial score (nSPS) is 55.8. The monoisotopic (exact) mass is 504 g/mol. The largest absolute Gasteiger partial charge is 0.481 e. The average molecular weight is 505 g/mol. The first-order valence-electron chi connectivity index (χ1n) is 14.3. The topological polar surface area (TPSA) is 102 Å². The molecule has 0 amide bonds. The predicted octanol–water partition coefficient (Wildman–Crippen LogP) is 4.19. The van der Waals surface area contributed by atoms with Crippen LogP contribution in [-0.2, 0) is 23.8 Å². The van der Waals surface area contributed by atoms with Gasteiger partial charge in [0.1, 0.15) is 24.1 Å². The molecular weight excluding hydrogens is 460 g/mol. The molecule has 0 radical (unpaired) electrons. The highest BCUT2D eigenvalue weighted by molar-refractivity contribution is 5.83. The number of ether oxygens (including phenoxy) is 3. The zero-order chi connectivity index (χ0) is 25.8. The van der Waals surface area contributed by atoms with E-state index < -0.39 is 42.3 Å². The fourth-order valence-electron chi connectivity index (χ4n) is 10.2. The van der Waals surface area contributed by atoms with E-state index in [1.807, 2.05) is 20.8 Å². The van der Waals surface area contributed by atoms with Gasteiger partial charge < -0.3 is 24.4 Å². The smallest absolute Gasteiger partial charge is 0.307 e. The first-order valence-corrected chi connectivity index (χ1v) is 14.3. The van der Waals surface area contributed by atoms with Crippen molar-refractivity contribution in [3.8, 4) is 0 Å². The third-order valence-corrected chi connectivity index (χ3v) is 12.0. The third-order valence-electron chi connectivity index (χ3n) is 12.0. The van der Waals surface area contributed by atoms with Gasteiger partial charge in [0.2, 0.25) is 0 Å². The Morgan fingerprint density at radius 2 is 1.61 bits per heavy atom. The van der Waals surface area contributed by atoms with Gasteiger partial charge in [-0.05, 0) is 100 Å². The third kappa shape index (κ3) is 3.51. The summed E-state index contributed by atoms with van der Waals surface area (Å²) in [6.45, 7) is 10.2. The molecule has 6 fully saturated rings. The van der Waals surface area contributed by atoms with Crippen molar-refractivity contribution < 1.29 is 34.0 Å². The number of Topliss-reactive ketones (excluding diaryl/α,β-unsaturated/α-hetero) is 1. The average Bonchev–Trinajstić information content (AvgIpc) is 3.32. The van der Waals surface area contributed by atoms with Crippen LogP contribution in [-0.4, -0.2) is 58.3 Å². The summed E-state index contributed by atoms with van der Waals surface area (Å²) in [6.07, 6.45) is 4.80. The van der Waals surface area contributed by atoms with Crippen molar-refractivity contribution in [2.24, 2.45) is 46.3 Å². The Bertz CT molecular complexity index is 933.